The van der Waals surface area contributed by atoms with Crippen molar-refractivity contribution in [3.63, 3.8) is 0 Å². The van der Waals surface area contributed by atoms with E-state index < -0.39 is 0 Å². The average Bonchev–Trinajstić information content (AvgIpc) is 1.89. The minimum Gasteiger partial charge on any atom is -0.377 e. The normalized spacial score (nSPS) is 9.80. The van der Waals surface area contributed by atoms with Crippen LogP contribution in [0, 0.1) is 0 Å². The van der Waals surface area contributed by atoms with Crippen LogP contribution in [0.2, 0.25) is 0 Å². The number of carbonyl (C=O) groups excluding carboxylic acids is 1. The van der Waals surface area contributed by atoms with Crippen molar-refractivity contribution in [2.24, 2.45) is 0 Å². The number of ketones is 1. The van der Waals surface area contributed by atoms with E-state index in [1.165, 1.54) is 6.42 Å². The van der Waals surface area contributed by atoms with Gasteiger partial charge in [-0.3, -0.25) is 4.79 Å². The van der Waals surface area contributed by atoms with E-state index in [0.29, 0.717) is 6.42 Å². The second-order valence-electron chi connectivity index (χ2n) is 2.43. The van der Waals surface area contributed by atoms with E-state index in [2.05, 4.69) is 11.7 Å². The molecule has 0 unspecified atom stereocenters. The van der Waals surface area contributed by atoms with Crippen molar-refractivity contribution in [1.29, 1.82) is 0 Å². The van der Waals surface area contributed by atoms with E-state index in [1.54, 1.807) is 7.11 Å². The van der Waals surface area contributed by atoms with Gasteiger partial charge < -0.3 is 4.74 Å². The van der Waals surface area contributed by atoms with E-state index >= 15 is 0 Å². The van der Waals surface area contributed by atoms with Crippen molar-refractivity contribution in [2.75, 3.05) is 13.7 Å². The lowest BCUT2D eigenvalue weighted by Crippen LogP contribution is -2.05. The highest BCUT2D eigenvalue weighted by molar-refractivity contribution is 5.79. The van der Waals surface area contributed by atoms with Crippen LogP contribution in [0.4, 0.5) is 0 Å². The number of carbonyl (C=O) groups is 1. The molecule has 0 fully saturated rings. The van der Waals surface area contributed by atoms with E-state index in [1.807, 2.05) is 0 Å². The molecule has 0 spiro atoms. The minimum absolute atomic E-state index is 0.218. The third-order valence-corrected chi connectivity index (χ3v) is 1.36. The lowest BCUT2D eigenvalue weighted by molar-refractivity contribution is -0.122. The second-order valence-corrected chi connectivity index (χ2v) is 2.43. The molecule has 60 valence electrons. The maximum atomic E-state index is 10.8. The van der Waals surface area contributed by atoms with Gasteiger partial charge in [0.25, 0.3) is 0 Å². The van der Waals surface area contributed by atoms with Gasteiger partial charge in [0.2, 0.25) is 0 Å². The predicted molar refractivity (Wildman–Crippen MR) is 41.0 cm³/mol. The number of unbranched alkanes of at least 4 members (excludes halogenated alkanes) is 2. The van der Waals surface area contributed by atoms with Crippen LogP contribution in [0.5, 0.6) is 0 Å². The zero-order valence-corrected chi connectivity index (χ0v) is 6.85. The smallest absolute Gasteiger partial charge is 0.158 e. The number of rotatable bonds is 6. The SMILES string of the molecule is CCCCCC(=O)COC. The molecule has 0 bridgehead atoms. The molecule has 0 atom stereocenters. The molecule has 0 aliphatic heterocycles. The van der Waals surface area contributed by atoms with Crippen LogP contribution >= 0.6 is 0 Å². The zero-order valence-electron chi connectivity index (χ0n) is 6.85. The molecule has 0 aliphatic carbocycles. The molecule has 0 aromatic heterocycles. The molecule has 0 aromatic rings. The summed E-state index contributed by atoms with van der Waals surface area (Å²) in [4.78, 5) is 10.8. The van der Waals surface area contributed by atoms with Crippen molar-refractivity contribution in [2.45, 2.75) is 32.6 Å². The van der Waals surface area contributed by atoms with Crippen molar-refractivity contribution < 1.29 is 9.53 Å². The summed E-state index contributed by atoms with van der Waals surface area (Å²) >= 11 is 0. The van der Waals surface area contributed by atoms with Gasteiger partial charge in [0.05, 0.1) is 0 Å². The first kappa shape index (κ1) is 9.63. The number of hydrogen-bond acceptors (Lipinski definition) is 2. The molecule has 0 aromatic carbocycles. The van der Waals surface area contributed by atoms with Crippen LogP contribution in [0.25, 0.3) is 0 Å². The molecule has 2 nitrogen and oxygen atoms in total. The fraction of sp³-hybridized carbons (Fsp3) is 0.875. The van der Waals surface area contributed by atoms with Crippen molar-refractivity contribution in [3.05, 3.63) is 0 Å². The Labute approximate surface area is 62.6 Å². The molecule has 0 aliphatic rings. The summed E-state index contributed by atoms with van der Waals surface area (Å²) in [6, 6.07) is 0. The van der Waals surface area contributed by atoms with Crippen molar-refractivity contribution in [1.82, 2.24) is 0 Å². The van der Waals surface area contributed by atoms with Gasteiger partial charge in [-0.1, -0.05) is 19.8 Å². The Kier molecular flexibility index (Phi) is 6.50. The summed E-state index contributed by atoms with van der Waals surface area (Å²) in [7, 11) is 1.55. The second kappa shape index (κ2) is 6.75. The van der Waals surface area contributed by atoms with Crippen molar-refractivity contribution >= 4 is 5.78 Å². The van der Waals surface area contributed by atoms with Crippen LogP contribution in [0.3, 0.4) is 0 Å². The first-order valence-electron chi connectivity index (χ1n) is 3.82. The molecular formula is C8H16O2. The Bertz CT molecular complexity index is 89.3. The third kappa shape index (κ3) is 5.76. The summed E-state index contributed by atoms with van der Waals surface area (Å²) < 4.78 is 4.68. The van der Waals surface area contributed by atoms with Gasteiger partial charge in [0.1, 0.15) is 6.61 Å². The fourth-order valence-electron chi connectivity index (χ4n) is 0.805. The Morgan fingerprint density at radius 1 is 1.40 bits per heavy atom. The molecule has 0 heterocycles. The van der Waals surface area contributed by atoms with Crippen LogP contribution in [-0.2, 0) is 9.53 Å². The molecule has 0 radical (unpaired) electrons. The molecule has 0 amide bonds. The molecular weight excluding hydrogens is 128 g/mol. The van der Waals surface area contributed by atoms with E-state index in [9.17, 15) is 4.79 Å². The molecule has 10 heavy (non-hydrogen) atoms. The fourth-order valence-corrected chi connectivity index (χ4v) is 0.805. The quantitative estimate of drug-likeness (QED) is 0.531. The molecule has 0 saturated heterocycles. The molecule has 0 N–H and O–H groups in total. The van der Waals surface area contributed by atoms with E-state index in [0.717, 1.165) is 12.8 Å². The largest absolute Gasteiger partial charge is 0.377 e. The standard InChI is InChI=1S/C8H16O2/c1-3-4-5-6-8(9)7-10-2/h3-7H2,1-2H3. The Morgan fingerprint density at radius 3 is 2.60 bits per heavy atom. The van der Waals surface area contributed by atoms with Crippen LogP contribution in [0.15, 0.2) is 0 Å². The topological polar surface area (TPSA) is 26.3 Å². The summed E-state index contributed by atoms with van der Waals surface area (Å²) in [5.41, 5.74) is 0. The van der Waals surface area contributed by atoms with Gasteiger partial charge in [-0.05, 0) is 6.42 Å². The highest BCUT2D eigenvalue weighted by Crippen LogP contribution is 1.99. The average molecular weight is 144 g/mol. The van der Waals surface area contributed by atoms with Crippen LogP contribution in [0.1, 0.15) is 32.6 Å². The number of ether oxygens (including phenoxy) is 1. The maximum Gasteiger partial charge on any atom is 0.158 e. The van der Waals surface area contributed by atoms with Gasteiger partial charge in [0.15, 0.2) is 5.78 Å². The first-order chi connectivity index (χ1) is 4.81. The van der Waals surface area contributed by atoms with E-state index in [-0.39, 0.29) is 12.4 Å². The molecule has 2 heteroatoms. The van der Waals surface area contributed by atoms with E-state index in [4.69, 9.17) is 0 Å². The Hall–Kier alpha value is -0.370. The van der Waals surface area contributed by atoms with Gasteiger partial charge in [-0.25, -0.2) is 0 Å². The molecule has 0 saturated carbocycles. The van der Waals surface area contributed by atoms with Crippen molar-refractivity contribution in [3.8, 4) is 0 Å². The van der Waals surface area contributed by atoms with Gasteiger partial charge in [0, 0.05) is 13.5 Å². The maximum absolute atomic E-state index is 10.8. The van der Waals surface area contributed by atoms with Crippen LogP contribution < -0.4 is 0 Å². The Balaban J connectivity index is 3.05. The summed E-state index contributed by atoms with van der Waals surface area (Å²) in [6.45, 7) is 2.41. The monoisotopic (exact) mass is 144 g/mol. The number of Topliss-reactive ketones (excluding diaryl/α,β-unsaturated/α-hetero) is 1. The third-order valence-electron chi connectivity index (χ3n) is 1.36. The molecule has 0 rings (SSSR count). The highest BCUT2D eigenvalue weighted by Gasteiger charge is 1.98. The lowest BCUT2D eigenvalue weighted by Gasteiger charge is -1.96. The predicted octanol–water partition coefficient (Wildman–Crippen LogP) is 1.78. The van der Waals surface area contributed by atoms with Gasteiger partial charge in [-0.15, -0.1) is 0 Å². The van der Waals surface area contributed by atoms with Gasteiger partial charge in [-0.2, -0.15) is 0 Å². The highest BCUT2D eigenvalue weighted by atomic mass is 16.5. The zero-order chi connectivity index (χ0) is 7.82. The Morgan fingerprint density at radius 2 is 2.10 bits per heavy atom. The number of methoxy groups -OCH3 is 1. The van der Waals surface area contributed by atoms with Crippen LogP contribution in [-0.4, -0.2) is 19.5 Å². The summed E-state index contributed by atoms with van der Waals surface area (Å²) in [6.07, 6.45) is 4.01. The lowest BCUT2D eigenvalue weighted by atomic mass is 10.1. The van der Waals surface area contributed by atoms with Gasteiger partial charge >= 0.3 is 0 Å². The minimum atomic E-state index is 0.218. The summed E-state index contributed by atoms with van der Waals surface area (Å²) in [5, 5.41) is 0. The summed E-state index contributed by atoms with van der Waals surface area (Å²) in [5.74, 6) is 0.218. The number of hydrogen-bond donors (Lipinski definition) is 0. The first-order valence-corrected chi connectivity index (χ1v) is 3.82.